The molecule has 1 unspecified atom stereocenters. The van der Waals surface area contributed by atoms with E-state index >= 15 is 0 Å². The number of hydrogen-bond donors (Lipinski definition) is 1. The average Bonchev–Trinajstić information content (AvgIpc) is 2.35. The van der Waals surface area contributed by atoms with Crippen molar-refractivity contribution in [2.45, 2.75) is 26.3 Å². The van der Waals surface area contributed by atoms with E-state index in [9.17, 15) is 4.39 Å². The monoisotopic (exact) mass is 277 g/mol. The molecule has 0 spiro atoms. The summed E-state index contributed by atoms with van der Waals surface area (Å²) >= 11 is 6.04. The molecule has 2 aromatic rings. The van der Waals surface area contributed by atoms with E-state index in [2.05, 4.69) is 18.2 Å². The van der Waals surface area contributed by atoms with Crippen molar-refractivity contribution in [3.05, 3.63) is 69.5 Å². The maximum absolute atomic E-state index is 13.0. The lowest BCUT2D eigenvalue weighted by Gasteiger charge is -2.16. The summed E-state index contributed by atoms with van der Waals surface area (Å²) in [6.45, 7) is 4.08. The molecule has 19 heavy (non-hydrogen) atoms. The third-order valence-electron chi connectivity index (χ3n) is 3.29. The van der Waals surface area contributed by atoms with Crippen molar-refractivity contribution in [2.24, 2.45) is 5.73 Å². The third kappa shape index (κ3) is 3.34. The largest absolute Gasteiger partial charge is 0.324 e. The molecule has 0 aliphatic carbocycles. The second-order valence-electron chi connectivity index (χ2n) is 4.91. The molecular formula is C16H17ClFN. The number of aryl methyl sites for hydroxylation is 2. The fourth-order valence-corrected chi connectivity index (χ4v) is 2.44. The van der Waals surface area contributed by atoms with Crippen LogP contribution in [0.5, 0.6) is 0 Å². The fraction of sp³-hybridized carbons (Fsp3) is 0.250. The van der Waals surface area contributed by atoms with Crippen molar-refractivity contribution in [1.29, 1.82) is 0 Å². The zero-order valence-corrected chi connectivity index (χ0v) is 11.8. The predicted molar refractivity (Wildman–Crippen MR) is 78.0 cm³/mol. The molecule has 2 N–H and O–H groups in total. The summed E-state index contributed by atoms with van der Waals surface area (Å²) in [7, 11) is 0. The van der Waals surface area contributed by atoms with E-state index in [1.807, 2.05) is 13.8 Å². The van der Waals surface area contributed by atoms with Crippen LogP contribution in [0.2, 0.25) is 5.02 Å². The molecular weight excluding hydrogens is 261 g/mol. The van der Waals surface area contributed by atoms with Gasteiger partial charge >= 0.3 is 0 Å². The first kappa shape index (κ1) is 14.0. The number of rotatable bonds is 3. The highest BCUT2D eigenvalue weighted by Gasteiger charge is 2.12. The molecule has 0 saturated carbocycles. The van der Waals surface area contributed by atoms with Gasteiger partial charge in [0.25, 0.3) is 0 Å². The zero-order valence-electron chi connectivity index (χ0n) is 11.1. The van der Waals surface area contributed by atoms with Gasteiger partial charge in [-0.3, -0.25) is 0 Å². The summed E-state index contributed by atoms with van der Waals surface area (Å²) in [6.07, 6.45) is 0.601. The second kappa shape index (κ2) is 5.72. The second-order valence-corrected chi connectivity index (χ2v) is 5.31. The van der Waals surface area contributed by atoms with Crippen LogP contribution in [-0.4, -0.2) is 0 Å². The Kier molecular flexibility index (Phi) is 4.23. The molecule has 0 amide bonds. The molecule has 0 bridgehead atoms. The van der Waals surface area contributed by atoms with Crippen LogP contribution in [0.4, 0.5) is 4.39 Å². The lowest BCUT2D eigenvalue weighted by molar-refractivity contribution is 0.625. The van der Waals surface area contributed by atoms with Gasteiger partial charge in [-0.2, -0.15) is 0 Å². The first-order valence-electron chi connectivity index (χ1n) is 6.24. The molecule has 0 aliphatic rings. The van der Waals surface area contributed by atoms with Gasteiger partial charge in [-0.1, -0.05) is 41.4 Å². The molecule has 1 nitrogen and oxygen atoms in total. The Hall–Kier alpha value is -1.38. The van der Waals surface area contributed by atoms with Crippen LogP contribution in [0.25, 0.3) is 0 Å². The maximum Gasteiger partial charge on any atom is 0.124 e. The van der Waals surface area contributed by atoms with Gasteiger partial charge in [-0.15, -0.1) is 0 Å². The van der Waals surface area contributed by atoms with E-state index < -0.39 is 0 Å². The van der Waals surface area contributed by atoms with Crippen molar-refractivity contribution >= 4 is 11.6 Å². The molecule has 2 aromatic carbocycles. The highest BCUT2D eigenvalue weighted by atomic mass is 35.5. The highest BCUT2D eigenvalue weighted by Crippen LogP contribution is 2.25. The van der Waals surface area contributed by atoms with Gasteiger partial charge in [0.2, 0.25) is 0 Å². The van der Waals surface area contributed by atoms with Crippen LogP contribution in [0.15, 0.2) is 36.4 Å². The predicted octanol–water partition coefficient (Wildman–Crippen LogP) is 4.34. The third-order valence-corrected chi connectivity index (χ3v) is 3.64. The molecule has 3 heteroatoms. The van der Waals surface area contributed by atoms with Crippen LogP contribution >= 0.6 is 11.6 Å². The zero-order chi connectivity index (χ0) is 14.0. The minimum atomic E-state index is -0.325. The number of hydrogen-bond acceptors (Lipinski definition) is 1. The standard InChI is InChI=1S/C16H17ClFN/c1-10-3-4-11(2)14(7-10)16(19)8-12-5-6-13(18)9-15(12)17/h3-7,9,16H,8,19H2,1-2H3. The number of benzene rings is 2. The summed E-state index contributed by atoms with van der Waals surface area (Å²) in [6, 6.07) is 10.5. The van der Waals surface area contributed by atoms with Crippen molar-refractivity contribution in [2.75, 3.05) is 0 Å². The Balaban J connectivity index is 2.25. The Morgan fingerprint density at radius 3 is 2.58 bits per heavy atom. The quantitative estimate of drug-likeness (QED) is 0.887. The van der Waals surface area contributed by atoms with Gasteiger partial charge in [0, 0.05) is 11.1 Å². The summed E-state index contributed by atoms with van der Waals surface area (Å²) < 4.78 is 13.0. The summed E-state index contributed by atoms with van der Waals surface area (Å²) in [5, 5.41) is 0.431. The molecule has 0 fully saturated rings. The van der Waals surface area contributed by atoms with Crippen molar-refractivity contribution in [3.63, 3.8) is 0 Å². The van der Waals surface area contributed by atoms with E-state index in [1.54, 1.807) is 6.07 Å². The Labute approximate surface area is 118 Å². The highest BCUT2D eigenvalue weighted by molar-refractivity contribution is 6.31. The molecule has 0 aromatic heterocycles. The fourth-order valence-electron chi connectivity index (χ4n) is 2.19. The van der Waals surface area contributed by atoms with Crippen molar-refractivity contribution in [3.8, 4) is 0 Å². The molecule has 1 atom stereocenters. The summed E-state index contributed by atoms with van der Waals surface area (Å²) in [4.78, 5) is 0. The van der Waals surface area contributed by atoms with Gasteiger partial charge in [0.15, 0.2) is 0 Å². The Morgan fingerprint density at radius 1 is 1.16 bits per heavy atom. The minimum Gasteiger partial charge on any atom is -0.324 e. The molecule has 0 radical (unpaired) electrons. The van der Waals surface area contributed by atoms with E-state index in [-0.39, 0.29) is 11.9 Å². The van der Waals surface area contributed by atoms with Crippen LogP contribution in [-0.2, 0) is 6.42 Å². The average molecular weight is 278 g/mol. The van der Waals surface area contributed by atoms with E-state index in [4.69, 9.17) is 17.3 Å². The lowest BCUT2D eigenvalue weighted by atomic mass is 9.94. The van der Waals surface area contributed by atoms with Crippen LogP contribution in [0.1, 0.15) is 28.3 Å². The van der Waals surface area contributed by atoms with Crippen molar-refractivity contribution in [1.82, 2.24) is 0 Å². The SMILES string of the molecule is Cc1ccc(C)c(C(N)Cc2ccc(F)cc2Cl)c1. The van der Waals surface area contributed by atoms with Crippen LogP contribution < -0.4 is 5.73 Å². The first-order chi connectivity index (χ1) is 8.97. The summed E-state index contributed by atoms with van der Waals surface area (Å²) in [5.74, 6) is -0.325. The topological polar surface area (TPSA) is 26.0 Å². The van der Waals surface area contributed by atoms with E-state index in [0.29, 0.717) is 11.4 Å². The van der Waals surface area contributed by atoms with Crippen LogP contribution in [0, 0.1) is 19.7 Å². The normalized spacial score (nSPS) is 12.5. The number of halogens is 2. The maximum atomic E-state index is 13.0. The smallest absolute Gasteiger partial charge is 0.124 e. The molecule has 2 rings (SSSR count). The van der Waals surface area contributed by atoms with Crippen molar-refractivity contribution < 1.29 is 4.39 Å². The number of nitrogens with two attached hydrogens (primary N) is 1. The van der Waals surface area contributed by atoms with Gasteiger partial charge in [0.05, 0.1) is 0 Å². The van der Waals surface area contributed by atoms with Gasteiger partial charge < -0.3 is 5.73 Å². The first-order valence-corrected chi connectivity index (χ1v) is 6.62. The van der Waals surface area contributed by atoms with Gasteiger partial charge in [-0.05, 0) is 49.1 Å². The Morgan fingerprint density at radius 2 is 1.89 bits per heavy atom. The lowest BCUT2D eigenvalue weighted by Crippen LogP contribution is -2.15. The van der Waals surface area contributed by atoms with Gasteiger partial charge in [-0.25, -0.2) is 4.39 Å². The molecule has 0 heterocycles. The molecule has 100 valence electrons. The summed E-state index contributed by atoms with van der Waals surface area (Å²) in [5.41, 5.74) is 10.6. The Bertz CT molecular complexity index is 595. The molecule has 0 saturated heterocycles. The van der Waals surface area contributed by atoms with E-state index in [0.717, 1.165) is 16.7 Å². The minimum absolute atomic E-state index is 0.136. The van der Waals surface area contributed by atoms with Crippen LogP contribution in [0.3, 0.4) is 0 Å². The van der Waals surface area contributed by atoms with Gasteiger partial charge in [0.1, 0.15) is 5.82 Å². The molecule has 0 aliphatic heterocycles. The van der Waals surface area contributed by atoms with E-state index in [1.165, 1.54) is 17.7 Å².